The largest absolute Gasteiger partial charge is 0.513 e. The highest BCUT2D eigenvalue weighted by atomic mass is 35.5. The van der Waals surface area contributed by atoms with Crippen LogP contribution in [0.1, 0.15) is 51.3 Å². The standard InChI is InChI=1S/C26H28Cl2O5/c1-8-15-9-11-17(18-12-10-16(27)13-19(18)28)14(2)20(15)21-22(29)25(3,4)33-26(5,6)23(21)32-24(30)31-7/h9-13H,8H2,1-7H3. The van der Waals surface area contributed by atoms with Gasteiger partial charge in [-0.1, -0.05) is 48.3 Å². The topological polar surface area (TPSA) is 61.8 Å². The van der Waals surface area contributed by atoms with Crippen molar-refractivity contribution >= 4 is 40.7 Å². The summed E-state index contributed by atoms with van der Waals surface area (Å²) in [6.07, 6.45) is -0.256. The minimum atomic E-state index is -1.13. The monoisotopic (exact) mass is 490 g/mol. The Hall–Kier alpha value is -2.34. The van der Waals surface area contributed by atoms with Crippen molar-refractivity contribution in [3.05, 3.63) is 62.8 Å². The molecule has 0 fully saturated rings. The Bertz CT molecular complexity index is 1160. The summed E-state index contributed by atoms with van der Waals surface area (Å²) < 4.78 is 16.4. The number of carbonyl (C=O) groups excluding carboxylic acids is 2. The maximum Gasteiger partial charge on any atom is 0.513 e. The predicted octanol–water partition coefficient (Wildman–Crippen LogP) is 7.18. The van der Waals surface area contributed by atoms with Crippen molar-refractivity contribution in [3.63, 3.8) is 0 Å². The highest BCUT2D eigenvalue weighted by Crippen LogP contribution is 2.45. The van der Waals surface area contributed by atoms with Crippen LogP contribution in [-0.4, -0.2) is 30.3 Å². The fourth-order valence-electron chi connectivity index (χ4n) is 4.37. The number of aryl methyl sites for hydroxylation is 1. The van der Waals surface area contributed by atoms with Crippen LogP contribution in [-0.2, 0) is 25.4 Å². The summed E-state index contributed by atoms with van der Waals surface area (Å²) in [6, 6.07) is 9.25. The highest BCUT2D eigenvalue weighted by molar-refractivity contribution is 6.36. The zero-order chi connectivity index (χ0) is 24.7. The summed E-state index contributed by atoms with van der Waals surface area (Å²) in [6.45, 7) is 10.9. The van der Waals surface area contributed by atoms with Crippen molar-refractivity contribution in [2.75, 3.05) is 7.11 Å². The zero-order valence-corrected chi connectivity index (χ0v) is 21.4. The fourth-order valence-corrected chi connectivity index (χ4v) is 4.88. The summed E-state index contributed by atoms with van der Waals surface area (Å²) in [5, 5.41) is 1.03. The van der Waals surface area contributed by atoms with E-state index in [9.17, 15) is 9.59 Å². The van der Waals surface area contributed by atoms with Gasteiger partial charge in [0.1, 0.15) is 11.2 Å². The second-order valence-electron chi connectivity index (χ2n) is 8.96. The van der Waals surface area contributed by atoms with E-state index < -0.39 is 17.4 Å². The first-order valence-corrected chi connectivity index (χ1v) is 11.4. The van der Waals surface area contributed by atoms with Crippen molar-refractivity contribution in [1.29, 1.82) is 0 Å². The Kier molecular flexibility index (Phi) is 6.99. The van der Waals surface area contributed by atoms with Crippen LogP contribution in [0.4, 0.5) is 4.79 Å². The molecule has 0 atom stereocenters. The second kappa shape index (κ2) is 9.13. The maximum absolute atomic E-state index is 13.7. The molecule has 0 aliphatic carbocycles. The molecule has 2 aromatic rings. The van der Waals surface area contributed by atoms with Gasteiger partial charge in [-0.05, 0) is 75.4 Å². The van der Waals surface area contributed by atoms with Crippen LogP contribution in [0.15, 0.2) is 36.1 Å². The molecule has 0 saturated carbocycles. The molecule has 0 spiro atoms. The van der Waals surface area contributed by atoms with Gasteiger partial charge >= 0.3 is 6.16 Å². The van der Waals surface area contributed by atoms with Gasteiger partial charge in [-0.25, -0.2) is 4.79 Å². The van der Waals surface area contributed by atoms with Crippen molar-refractivity contribution < 1.29 is 23.8 Å². The first-order chi connectivity index (χ1) is 15.3. The Morgan fingerprint density at radius 1 is 1.03 bits per heavy atom. The van der Waals surface area contributed by atoms with E-state index in [2.05, 4.69) is 0 Å². The molecule has 3 rings (SSSR count). The highest BCUT2D eigenvalue weighted by Gasteiger charge is 2.49. The molecule has 1 heterocycles. The summed E-state index contributed by atoms with van der Waals surface area (Å²) in [7, 11) is 1.22. The van der Waals surface area contributed by atoms with Crippen LogP contribution in [0.2, 0.25) is 10.0 Å². The van der Waals surface area contributed by atoms with Gasteiger partial charge in [0.2, 0.25) is 0 Å². The zero-order valence-electron chi connectivity index (χ0n) is 19.9. The minimum absolute atomic E-state index is 0.121. The number of halogens is 2. The van der Waals surface area contributed by atoms with Crippen molar-refractivity contribution in [2.24, 2.45) is 0 Å². The number of Topliss-reactive ketones (excluding diaryl/α,β-unsaturated/α-hetero) is 1. The van der Waals surface area contributed by atoms with Crippen molar-refractivity contribution in [1.82, 2.24) is 0 Å². The lowest BCUT2D eigenvalue weighted by Gasteiger charge is -2.42. The lowest BCUT2D eigenvalue weighted by Crippen LogP contribution is -2.50. The normalized spacial score (nSPS) is 17.2. The van der Waals surface area contributed by atoms with E-state index >= 15 is 0 Å². The van der Waals surface area contributed by atoms with E-state index in [1.54, 1.807) is 39.8 Å². The molecule has 0 aromatic heterocycles. The molecular formula is C26H28Cl2O5. The molecule has 1 aliphatic rings. The SMILES string of the molecule is CCc1ccc(-c2ccc(Cl)cc2Cl)c(C)c1C1=C(OC(=O)OC)C(C)(C)OC(C)(C)C1=O. The van der Waals surface area contributed by atoms with E-state index in [0.29, 0.717) is 27.6 Å². The number of hydrogen-bond acceptors (Lipinski definition) is 5. The number of benzene rings is 2. The third kappa shape index (κ3) is 4.68. The van der Waals surface area contributed by atoms with Gasteiger partial charge in [0.25, 0.3) is 0 Å². The summed E-state index contributed by atoms with van der Waals surface area (Å²) in [4.78, 5) is 25.9. The molecular weight excluding hydrogens is 463 g/mol. The van der Waals surface area contributed by atoms with Gasteiger partial charge in [-0.2, -0.15) is 0 Å². The molecule has 0 bridgehead atoms. The lowest BCUT2D eigenvalue weighted by atomic mass is 9.78. The van der Waals surface area contributed by atoms with E-state index in [1.807, 2.05) is 32.0 Å². The summed E-state index contributed by atoms with van der Waals surface area (Å²) >= 11 is 12.6. The molecule has 5 nitrogen and oxygen atoms in total. The van der Waals surface area contributed by atoms with Crippen LogP contribution in [0.3, 0.4) is 0 Å². The number of hydrogen-bond donors (Lipinski definition) is 0. The molecule has 0 radical (unpaired) electrons. The van der Waals surface area contributed by atoms with Crippen LogP contribution in [0, 0.1) is 6.92 Å². The Morgan fingerprint density at radius 2 is 1.67 bits per heavy atom. The van der Waals surface area contributed by atoms with Crippen LogP contribution in [0.25, 0.3) is 16.7 Å². The molecule has 0 saturated heterocycles. The summed E-state index contributed by atoms with van der Waals surface area (Å²) in [5.74, 6) is -0.159. The van der Waals surface area contributed by atoms with Gasteiger partial charge in [0.05, 0.1) is 12.7 Å². The number of rotatable bonds is 4. The number of methoxy groups -OCH3 is 1. The third-order valence-electron chi connectivity index (χ3n) is 5.81. The van der Waals surface area contributed by atoms with E-state index in [0.717, 1.165) is 22.3 Å². The van der Waals surface area contributed by atoms with E-state index in [1.165, 1.54) is 7.11 Å². The first-order valence-electron chi connectivity index (χ1n) is 10.7. The van der Waals surface area contributed by atoms with Gasteiger partial charge in [0, 0.05) is 15.6 Å². The minimum Gasteiger partial charge on any atom is -0.437 e. The third-order valence-corrected chi connectivity index (χ3v) is 6.36. The van der Waals surface area contributed by atoms with Gasteiger partial charge in [-0.15, -0.1) is 0 Å². The molecule has 0 N–H and O–H groups in total. The van der Waals surface area contributed by atoms with E-state index in [4.69, 9.17) is 37.4 Å². The van der Waals surface area contributed by atoms with Gasteiger partial charge in [-0.3, -0.25) is 4.79 Å². The quantitative estimate of drug-likeness (QED) is 0.424. The number of carbonyl (C=O) groups is 2. The Morgan fingerprint density at radius 3 is 2.24 bits per heavy atom. The van der Waals surface area contributed by atoms with Crippen LogP contribution >= 0.6 is 23.2 Å². The number of ether oxygens (including phenoxy) is 3. The Labute approximate surface area is 204 Å². The molecule has 1 aliphatic heterocycles. The second-order valence-corrected chi connectivity index (χ2v) is 9.81. The molecule has 176 valence electrons. The average Bonchev–Trinajstić information content (AvgIpc) is 2.72. The molecule has 2 aromatic carbocycles. The van der Waals surface area contributed by atoms with Crippen LogP contribution in [0.5, 0.6) is 0 Å². The van der Waals surface area contributed by atoms with Crippen molar-refractivity contribution in [2.45, 2.75) is 59.2 Å². The molecule has 0 amide bonds. The molecule has 33 heavy (non-hydrogen) atoms. The lowest BCUT2D eigenvalue weighted by molar-refractivity contribution is -0.158. The molecule has 0 unspecified atom stereocenters. The van der Waals surface area contributed by atoms with Crippen LogP contribution < -0.4 is 0 Å². The predicted molar refractivity (Wildman–Crippen MR) is 131 cm³/mol. The summed E-state index contributed by atoms with van der Waals surface area (Å²) in [5.41, 5.74) is 2.22. The van der Waals surface area contributed by atoms with Crippen molar-refractivity contribution in [3.8, 4) is 11.1 Å². The molecule has 7 heteroatoms. The Balaban J connectivity index is 2.41. The number of ketones is 1. The fraction of sp³-hybridized carbons (Fsp3) is 0.385. The smallest absolute Gasteiger partial charge is 0.437 e. The first kappa shape index (κ1) is 25.3. The average molecular weight is 491 g/mol. The van der Waals surface area contributed by atoms with Gasteiger partial charge < -0.3 is 14.2 Å². The van der Waals surface area contributed by atoms with E-state index in [-0.39, 0.29) is 11.5 Å². The van der Waals surface area contributed by atoms with Gasteiger partial charge in [0.15, 0.2) is 11.5 Å². The maximum atomic E-state index is 13.7.